The Balaban J connectivity index is 1.19. The van der Waals surface area contributed by atoms with Crippen molar-refractivity contribution in [2.45, 2.75) is 96.5 Å². The third-order valence-corrected chi connectivity index (χ3v) is 12.0. The van der Waals surface area contributed by atoms with Crippen LogP contribution in [0.5, 0.6) is 5.75 Å². The van der Waals surface area contributed by atoms with Gasteiger partial charge in [0.1, 0.15) is 23.9 Å². The van der Waals surface area contributed by atoms with Crippen molar-refractivity contribution in [1.29, 1.82) is 0 Å². The van der Waals surface area contributed by atoms with Gasteiger partial charge in [-0.2, -0.15) is 0 Å². The van der Waals surface area contributed by atoms with Crippen LogP contribution in [0.2, 0.25) is 0 Å². The number of hydrogen-bond donors (Lipinski definition) is 4. The first-order chi connectivity index (χ1) is 27.3. The molecule has 2 aromatic carbocycles. The van der Waals surface area contributed by atoms with Crippen LogP contribution in [0.4, 0.5) is 4.79 Å². The SMILES string of the molecule is C=CCC(NC(=O)[C@@H]1CCCN1C(=O)[C@@H](NC(=O)OCC(C)(C)C/C=C/c1cc2c(=O)cc(-c3c#cccc3)[nH]c2cc1OC)C(C)(C)C)C(=O)NS(=O)(=O)C1CC1. The van der Waals surface area contributed by atoms with E-state index in [4.69, 9.17) is 9.47 Å². The lowest BCUT2D eigenvalue weighted by molar-refractivity contribution is -0.142. The van der Waals surface area contributed by atoms with Gasteiger partial charge in [-0.15, -0.1) is 6.58 Å². The van der Waals surface area contributed by atoms with Gasteiger partial charge in [0.05, 0.1) is 30.2 Å². The normalized spacial score (nSPS) is 16.9. The van der Waals surface area contributed by atoms with Crippen molar-refractivity contribution in [3.63, 3.8) is 0 Å². The lowest BCUT2D eigenvalue weighted by Gasteiger charge is -2.35. The Bertz CT molecular complexity index is 2220. The number of allylic oxidation sites excluding steroid dienone is 1. The molecule has 2 aliphatic rings. The number of amides is 4. The summed E-state index contributed by atoms with van der Waals surface area (Å²) in [6.07, 6.45) is 6.60. The van der Waals surface area contributed by atoms with Gasteiger partial charge < -0.3 is 30.0 Å². The lowest BCUT2D eigenvalue weighted by Crippen LogP contribution is -2.59. The minimum atomic E-state index is -3.84. The molecule has 1 aliphatic carbocycles. The highest BCUT2D eigenvalue weighted by atomic mass is 32.2. The number of carbonyl (C=O) groups is 4. The molecule has 2 fully saturated rings. The second-order valence-corrected chi connectivity index (χ2v) is 18.6. The fraction of sp³-hybridized carbons (Fsp3) is 0.465. The Morgan fingerprint density at radius 3 is 2.47 bits per heavy atom. The Morgan fingerprint density at radius 1 is 1.09 bits per heavy atom. The molecular weight excluding hydrogens is 763 g/mol. The Kier molecular flexibility index (Phi) is 13.4. The van der Waals surface area contributed by atoms with Crippen LogP contribution in [0.1, 0.15) is 78.7 Å². The molecule has 0 bridgehead atoms. The Hall–Kier alpha value is -5.62. The molecule has 15 heteroatoms. The minimum absolute atomic E-state index is 0.0113. The van der Waals surface area contributed by atoms with Crippen molar-refractivity contribution >= 4 is 50.8 Å². The Morgan fingerprint density at radius 2 is 1.83 bits per heavy atom. The number of hydrogen-bond acceptors (Lipinski definition) is 9. The van der Waals surface area contributed by atoms with Gasteiger partial charge in [0.25, 0.3) is 5.91 Å². The first kappa shape index (κ1) is 43.5. The van der Waals surface area contributed by atoms with Gasteiger partial charge >= 0.3 is 6.09 Å². The molecule has 5 rings (SSSR count). The number of benzene rings is 1. The lowest BCUT2D eigenvalue weighted by atomic mass is 9.85. The molecule has 3 aromatic rings. The van der Waals surface area contributed by atoms with Gasteiger partial charge in [0.15, 0.2) is 5.43 Å². The molecule has 1 aliphatic heterocycles. The summed E-state index contributed by atoms with van der Waals surface area (Å²) >= 11 is 0. The molecule has 1 aromatic heterocycles. The zero-order valence-electron chi connectivity index (χ0n) is 33.9. The van der Waals surface area contributed by atoms with E-state index < -0.39 is 68.0 Å². The van der Waals surface area contributed by atoms with E-state index in [1.165, 1.54) is 17.0 Å². The van der Waals surface area contributed by atoms with Crippen LogP contribution in [0.15, 0.2) is 59.9 Å². The van der Waals surface area contributed by atoms with Crippen molar-refractivity contribution < 1.29 is 37.1 Å². The van der Waals surface area contributed by atoms with Crippen molar-refractivity contribution in [3.8, 4) is 17.0 Å². The number of pyridine rings is 1. The predicted molar refractivity (Wildman–Crippen MR) is 221 cm³/mol. The number of H-pyrrole nitrogens is 1. The number of sulfonamides is 1. The number of methoxy groups -OCH3 is 1. The fourth-order valence-corrected chi connectivity index (χ4v) is 8.04. The number of fused-ring (bicyclic) bond motifs is 1. The maximum atomic E-state index is 14.0. The summed E-state index contributed by atoms with van der Waals surface area (Å²) in [5.41, 5.74) is 1.18. The topological polar surface area (TPSA) is 193 Å². The first-order valence-electron chi connectivity index (χ1n) is 19.3. The maximum Gasteiger partial charge on any atom is 0.407 e. The standard InChI is InChI=1S/C43H53N5O9S/c1-8-14-31(38(50)47-58(54,55)29-19-20-29)45-39(51)34-18-13-22-48(34)40(52)37(42(2,3)4)46-41(53)57-26-43(5,6)21-12-17-28-23-30-33(25-36(28)56-7)44-32(24-35(30)49)27-15-10-9-11-16-27/h8-10,12,15,17,23-25,29,31,34,37H,1,13-14,18-22,26H2,2-7H3,(H,44,49)(H,45,51)(H,46,53)(H,47,50)/b17-12+/t31?,34-,37+/m0/s1. The summed E-state index contributed by atoms with van der Waals surface area (Å²) in [5, 5.41) is 5.21. The summed E-state index contributed by atoms with van der Waals surface area (Å²) in [7, 11) is -2.28. The van der Waals surface area contributed by atoms with Crippen molar-refractivity contribution in [1.82, 2.24) is 25.2 Å². The van der Waals surface area contributed by atoms with E-state index in [2.05, 4.69) is 39.1 Å². The quantitative estimate of drug-likeness (QED) is 0.144. The zero-order valence-corrected chi connectivity index (χ0v) is 34.7. The number of carbonyl (C=O) groups excluding carboxylic acids is 4. The minimum Gasteiger partial charge on any atom is -0.496 e. The number of nitrogens with one attached hydrogen (secondary N) is 4. The molecule has 1 saturated heterocycles. The molecule has 14 nitrogen and oxygen atoms in total. The van der Waals surface area contributed by atoms with E-state index in [0.29, 0.717) is 65.6 Å². The van der Waals surface area contributed by atoms with E-state index in [1.807, 2.05) is 38.1 Å². The van der Waals surface area contributed by atoms with Crippen LogP contribution in [0.3, 0.4) is 0 Å². The van der Waals surface area contributed by atoms with Gasteiger partial charge in [-0.05, 0) is 62.1 Å². The second kappa shape index (κ2) is 17.9. The monoisotopic (exact) mass is 815 g/mol. The molecule has 4 amide bonds. The number of aromatic amines is 1. The van der Waals surface area contributed by atoms with Crippen LogP contribution in [-0.2, 0) is 29.1 Å². The summed E-state index contributed by atoms with van der Waals surface area (Å²) in [4.78, 5) is 71.4. The highest BCUT2D eigenvalue weighted by Crippen LogP contribution is 2.30. The predicted octanol–water partition coefficient (Wildman–Crippen LogP) is 5.03. The highest BCUT2D eigenvalue weighted by molar-refractivity contribution is 7.90. The molecule has 1 unspecified atom stereocenters. The number of nitrogens with zero attached hydrogens (tertiary/aromatic N) is 1. The van der Waals surface area contributed by atoms with Crippen LogP contribution in [-0.4, -0.2) is 85.8 Å². The van der Waals surface area contributed by atoms with Gasteiger partial charge in [-0.25, -0.2) is 13.2 Å². The van der Waals surface area contributed by atoms with Crippen LogP contribution < -0.4 is 25.5 Å². The van der Waals surface area contributed by atoms with E-state index in [0.717, 1.165) is 0 Å². The fourth-order valence-electron chi connectivity index (χ4n) is 6.70. The first-order valence-corrected chi connectivity index (χ1v) is 20.9. The van der Waals surface area contributed by atoms with Crippen LogP contribution in [0, 0.1) is 23.0 Å². The smallest absolute Gasteiger partial charge is 0.407 e. The van der Waals surface area contributed by atoms with Crippen molar-refractivity contribution in [3.05, 3.63) is 83.0 Å². The van der Waals surface area contributed by atoms with E-state index in [1.54, 1.807) is 46.1 Å². The van der Waals surface area contributed by atoms with E-state index in [9.17, 15) is 32.4 Å². The molecule has 0 spiro atoms. The van der Waals surface area contributed by atoms with E-state index in [-0.39, 0.29) is 25.0 Å². The average molecular weight is 816 g/mol. The number of ether oxygens (including phenoxy) is 2. The molecule has 4 N–H and O–H groups in total. The zero-order chi connectivity index (χ0) is 42.4. The van der Waals surface area contributed by atoms with Gasteiger partial charge in [0.2, 0.25) is 21.8 Å². The molecule has 1 saturated carbocycles. The highest BCUT2D eigenvalue weighted by Gasteiger charge is 2.43. The third-order valence-electron chi connectivity index (χ3n) is 10.1. The van der Waals surface area contributed by atoms with Crippen molar-refractivity contribution in [2.75, 3.05) is 20.3 Å². The third kappa shape index (κ3) is 10.9. The molecule has 310 valence electrons. The summed E-state index contributed by atoms with van der Waals surface area (Å²) in [5.74, 6) is -1.40. The second-order valence-electron chi connectivity index (χ2n) is 16.7. The molecule has 0 radical (unpaired) electrons. The summed E-state index contributed by atoms with van der Waals surface area (Å²) < 4.78 is 38.1. The number of likely N-dealkylation sites (tertiary alicyclic amines) is 1. The molecular formula is C43H53N5O9S. The average Bonchev–Trinajstić information content (AvgIpc) is 3.93. The molecule has 2 heterocycles. The Labute approximate surface area is 339 Å². The maximum absolute atomic E-state index is 14.0. The van der Waals surface area contributed by atoms with Crippen LogP contribution >= 0.6 is 0 Å². The molecule has 58 heavy (non-hydrogen) atoms. The number of aromatic nitrogens is 1. The van der Waals surface area contributed by atoms with Crippen LogP contribution in [0.25, 0.3) is 28.2 Å². The van der Waals surface area contributed by atoms with Gasteiger partial charge in [-0.1, -0.05) is 71.0 Å². The summed E-state index contributed by atoms with van der Waals surface area (Å²) in [6, 6.07) is 13.2. The number of alkyl carbamates (subject to hydrolysis) is 1. The van der Waals surface area contributed by atoms with Gasteiger partial charge in [0, 0.05) is 40.6 Å². The molecule has 3 atom stereocenters. The van der Waals surface area contributed by atoms with E-state index >= 15 is 0 Å². The van der Waals surface area contributed by atoms with Gasteiger partial charge in [-0.3, -0.25) is 23.9 Å². The summed E-state index contributed by atoms with van der Waals surface area (Å²) in [6.45, 7) is 13.1. The largest absolute Gasteiger partial charge is 0.496 e. The van der Waals surface area contributed by atoms with Crippen molar-refractivity contribution in [2.24, 2.45) is 10.8 Å². The number of rotatable bonds is 16.